The fourth-order valence-electron chi connectivity index (χ4n) is 2.28. The Labute approximate surface area is 123 Å². The number of hydrogen-bond donors (Lipinski definition) is 0. The molecule has 1 aromatic heterocycles. The second kappa shape index (κ2) is 5.83. The molecule has 5 nitrogen and oxygen atoms in total. The molecule has 0 N–H and O–H groups in total. The molecule has 0 radical (unpaired) electrons. The number of nitrogens with zero attached hydrogens (tertiary/aromatic N) is 2. The zero-order valence-corrected chi connectivity index (χ0v) is 12.4. The van der Waals surface area contributed by atoms with Gasteiger partial charge in [-0.1, -0.05) is 30.9 Å². The lowest BCUT2D eigenvalue weighted by Crippen LogP contribution is -2.28. The molecule has 0 atom stereocenters. The summed E-state index contributed by atoms with van der Waals surface area (Å²) in [6, 6.07) is 7.09. The number of esters is 1. The smallest absolute Gasteiger partial charge is 0.340 e. The van der Waals surface area contributed by atoms with Crippen molar-refractivity contribution in [2.24, 2.45) is 0 Å². The van der Waals surface area contributed by atoms with Crippen LogP contribution >= 0.6 is 0 Å². The fraction of sp³-hybridized carbons (Fsp3) is 0.250. The van der Waals surface area contributed by atoms with Crippen molar-refractivity contribution < 1.29 is 14.3 Å². The SMILES string of the molecule is C=CCOC(=O)c1c(C)n(C(=O)N(C)C)c2ccccc12. The molecular formula is C16H18N2O3. The number of aromatic nitrogens is 1. The van der Waals surface area contributed by atoms with Gasteiger partial charge in [0, 0.05) is 25.2 Å². The normalized spacial score (nSPS) is 10.4. The third-order valence-electron chi connectivity index (χ3n) is 3.22. The summed E-state index contributed by atoms with van der Waals surface area (Å²) >= 11 is 0. The molecule has 0 spiro atoms. The van der Waals surface area contributed by atoms with Gasteiger partial charge in [0.1, 0.15) is 6.61 Å². The van der Waals surface area contributed by atoms with Crippen LogP contribution in [-0.4, -0.2) is 42.2 Å². The Morgan fingerprint density at radius 1 is 1.33 bits per heavy atom. The molecule has 0 aliphatic heterocycles. The van der Waals surface area contributed by atoms with Crippen LogP contribution in [0.5, 0.6) is 0 Å². The maximum Gasteiger partial charge on any atom is 0.340 e. The summed E-state index contributed by atoms with van der Waals surface area (Å²) in [7, 11) is 3.35. The lowest BCUT2D eigenvalue weighted by atomic mass is 10.1. The van der Waals surface area contributed by atoms with E-state index in [9.17, 15) is 9.59 Å². The predicted octanol–water partition coefficient (Wildman–Crippen LogP) is 2.82. The summed E-state index contributed by atoms with van der Waals surface area (Å²) in [4.78, 5) is 26.1. The molecule has 21 heavy (non-hydrogen) atoms. The van der Waals surface area contributed by atoms with E-state index in [1.807, 2.05) is 24.3 Å². The van der Waals surface area contributed by atoms with Gasteiger partial charge in [0.25, 0.3) is 0 Å². The summed E-state index contributed by atoms with van der Waals surface area (Å²) in [5.41, 5.74) is 1.69. The lowest BCUT2D eigenvalue weighted by molar-refractivity contribution is 0.0551. The third-order valence-corrected chi connectivity index (χ3v) is 3.22. The molecule has 0 aliphatic rings. The van der Waals surface area contributed by atoms with E-state index >= 15 is 0 Å². The minimum Gasteiger partial charge on any atom is -0.458 e. The molecule has 0 unspecified atom stereocenters. The van der Waals surface area contributed by atoms with E-state index in [4.69, 9.17) is 4.74 Å². The average molecular weight is 286 g/mol. The van der Waals surface area contributed by atoms with Crippen molar-refractivity contribution in [3.8, 4) is 0 Å². The summed E-state index contributed by atoms with van der Waals surface area (Å²) < 4.78 is 6.65. The summed E-state index contributed by atoms with van der Waals surface area (Å²) in [6.07, 6.45) is 1.51. The van der Waals surface area contributed by atoms with Crippen molar-refractivity contribution in [1.29, 1.82) is 0 Å². The van der Waals surface area contributed by atoms with Crippen molar-refractivity contribution in [2.45, 2.75) is 6.92 Å². The fourth-order valence-corrected chi connectivity index (χ4v) is 2.28. The number of amides is 1. The molecule has 0 bridgehead atoms. The van der Waals surface area contributed by atoms with E-state index in [0.717, 1.165) is 0 Å². The van der Waals surface area contributed by atoms with Crippen molar-refractivity contribution >= 4 is 22.9 Å². The number of ether oxygens (including phenoxy) is 1. The van der Waals surface area contributed by atoms with Gasteiger partial charge in [0.2, 0.25) is 0 Å². The molecule has 1 amide bonds. The Hall–Kier alpha value is -2.56. The Bertz CT molecular complexity index is 714. The quantitative estimate of drug-likeness (QED) is 0.644. The number of carbonyl (C=O) groups is 2. The molecule has 1 aromatic carbocycles. The van der Waals surface area contributed by atoms with Gasteiger partial charge in [-0.3, -0.25) is 4.57 Å². The van der Waals surface area contributed by atoms with Gasteiger partial charge in [0.15, 0.2) is 0 Å². The topological polar surface area (TPSA) is 51.5 Å². The van der Waals surface area contributed by atoms with Crippen molar-refractivity contribution in [3.63, 3.8) is 0 Å². The van der Waals surface area contributed by atoms with Gasteiger partial charge >= 0.3 is 12.0 Å². The highest BCUT2D eigenvalue weighted by Gasteiger charge is 2.24. The summed E-state index contributed by atoms with van der Waals surface area (Å²) in [5, 5.41) is 0.708. The Kier molecular flexibility index (Phi) is 4.12. The minimum atomic E-state index is -0.450. The first-order valence-corrected chi connectivity index (χ1v) is 6.58. The highest BCUT2D eigenvalue weighted by molar-refractivity contribution is 6.08. The van der Waals surface area contributed by atoms with E-state index < -0.39 is 5.97 Å². The van der Waals surface area contributed by atoms with Gasteiger partial charge in [-0.15, -0.1) is 0 Å². The van der Waals surface area contributed by atoms with E-state index in [-0.39, 0.29) is 12.6 Å². The zero-order valence-electron chi connectivity index (χ0n) is 12.4. The maximum atomic E-state index is 12.3. The van der Waals surface area contributed by atoms with Gasteiger partial charge in [-0.25, -0.2) is 9.59 Å². The monoisotopic (exact) mass is 286 g/mol. The van der Waals surface area contributed by atoms with E-state index in [1.165, 1.54) is 15.5 Å². The second-order valence-electron chi connectivity index (χ2n) is 4.88. The van der Waals surface area contributed by atoms with E-state index in [0.29, 0.717) is 22.2 Å². The van der Waals surface area contributed by atoms with Crippen molar-refractivity contribution in [3.05, 3.63) is 48.2 Å². The van der Waals surface area contributed by atoms with Crippen LogP contribution in [0, 0.1) is 6.92 Å². The molecular weight excluding hydrogens is 268 g/mol. The molecule has 0 aliphatic carbocycles. The van der Waals surface area contributed by atoms with Crippen LogP contribution in [0.1, 0.15) is 16.1 Å². The predicted molar refractivity (Wildman–Crippen MR) is 81.6 cm³/mol. The van der Waals surface area contributed by atoms with Gasteiger partial charge < -0.3 is 9.64 Å². The standard InChI is InChI=1S/C16H18N2O3/c1-5-10-21-15(19)14-11(2)18(16(20)17(3)4)13-9-7-6-8-12(13)14/h5-9H,1,10H2,2-4H3. The Morgan fingerprint density at radius 2 is 2.00 bits per heavy atom. The number of fused-ring (bicyclic) bond motifs is 1. The van der Waals surface area contributed by atoms with Crippen LogP contribution in [0.15, 0.2) is 36.9 Å². The number of hydrogen-bond acceptors (Lipinski definition) is 3. The molecule has 1 heterocycles. The molecule has 0 saturated carbocycles. The lowest BCUT2D eigenvalue weighted by Gasteiger charge is -2.13. The maximum absolute atomic E-state index is 12.3. The van der Waals surface area contributed by atoms with Gasteiger partial charge in [-0.2, -0.15) is 0 Å². The van der Waals surface area contributed by atoms with Crippen LogP contribution in [0.25, 0.3) is 10.9 Å². The van der Waals surface area contributed by atoms with Gasteiger partial charge in [-0.05, 0) is 13.0 Å². The molecule has 0 fully saturated rings. The molecule has 5 heteroatoms. The summed E-state index contributed by atoms with van der Waals surface area (Å²) in [6.45, 7) is 5.40. The van der Waals surface area contributed by atoms with Crippen LogP contribution in [0.2, 0.25) is 0 Å². The Balaban J connectivity index is 2.66. The van der Waals surface area contributed by atoms with Crippen LogP contribution in [0.4, 0.5) is 4.79 Å². The molecule has 0 saturated heterocycles. The van der Waals surface area contributed by atoms with Crippen LogP contribution in [0.3, 0.4) is 0 Å². The molecule has 110 valence electrons. The first-order chi connectivity index (χ1) is 9.99. The summed E-state index contributed by atoms with van der Waals surface area (Å²) in [5.74, 6) is -0.450. The number of carbonyl (C=O) groups excluding carboxylic acids is 2. The first-order valence-electron chi connectivity index (χ1n) is 6.58. The minimum absolute atomic E-state index is 0.138. The first kappa shape index (κ1) is 14.8. The molecule has 2 aromatic rings. The number of benzene rings is 1. The van der Waals surface area contributed by atoms with E-state index in [1.54, 1.807) is 21.0 Å². The largest absolute Gasteiger partial charge is 0.458 e. The number of para-hydroxylation sites is 1. The zero-order chi connectivity index (χ0) is 15.6. The Morgan fingerprint density at radius 3 is 2.62 bits per heavy atom. The third kappa shape index (κ3) is 2.54. The van der Waals surface area contributed by atoms with Crippen LogP contribution in [-0.2, 0) is 4.74 Å². The number of rotatable bonds is 3. The van der Waals surface area contributed by atoms with Gasteiger partial charge in [0.05, 0.1) is 11.1 Å². The van der Waals surface area contributed by atoms with Crippen molar-refractivity contribution in [2.75, 3.05) is 20.7 Å². The van der Waals surface area contributed by atoms with E-state index in [2.05, 4.69) is 6.58 Å². The molecule has 2 rings (SSSR count). The second-order valence-corrected chi connectivity index (χ2v) is 4.88. The van der Waals surface area contributed by atoms with Crippen molar-refractivity contribution in [1.82, 2.24) is 9.47 Å². The highest BCUT2D eigenvalue weighted by Crippen LogP contribution is 2.26. The van der Waals surface area contributed by atoms with Crippen LogP contribution < -0.4 is 0 Å². The highest BCUT2D eigenvalue weighted by atomic mass is 16.5. The average Bonchev–Trinajstić information content (AvgIpc) is 2.76.